The highest BCUT2D eigenvalue weighted by Crippen LogP contribution is 2.28. The molecule has 0 atom stereocenters. The zero-order chi connectivity index (χ0) is 14.9. The Balaban J connectivity index is 1.76. The lowest BCUT2D eigenvalue weighted by molar-refractivity contribution is -0.908. The minimum atomic E-state index is 0.744. The van der Waals surface area contributed by atoms with E-state index in [0.717, 1.165) is 70.2 Å². The number of nitrogens with one attached hydrogen (secondary N) is 1. The molecule has 1 fully saturated rings. The first kappa shape index (κ1) is 16.1. The van der Waals surface area contributed by atoms with Gasteiger partial charge in [0.05, 0.1) is 33.5 Å². The Bertz CT molecular complexity index is 416. The topological polar surface area (TPSA) is 32.1 Å². The first-order valence-corrected chi connectivity index (χ1v) is 8.04. The second kappa shape index (κ2) is 8.90. The van der Waals surface area contributed by atoms with Gasteiger partial charge in [0.25, 0.3) is 0 Å². The smallest absolute Gasteiger partial charge is 0.161 e. The number of quaternary nitrogens is 1. The van der Waals surface area contributed by atoms with E-state index in [1.807, 2.05) is 6.07 Å². The molecule has 1 aromatic rings. The number of hydrogen-bond acceptors (Lipinski definition) is 3. The average molecular weight is 294 g/mol. The second-order valence-electron chi connectivity index (χ2n) is 5.55. The number of morpholine rings is 1. The van der Waals surface area contributed by atoms with Crippen molar-refractivity contribution in [2.75, 3.05) is 46.6 Å². The maximum absolute atomic E-state index is 5.88. The molecule has 21 heavy (non-hydrogen) atoms. The molecule has 1 heterocycles. The summed E-state index contributed by atoms with van der Waals surface area (Å²) in [6, 6.07) is 6.26. The van der Waals surface area contributed by atoms with Crippen LogP contribution in [-0.2, 0) is 11.2 Å². The highest BCUT2D eigenvalue weighted by molar-refractivity contribution is 5.42. The minimum absolute atomic E-state index is 0.744. The molecule has 1 saturated heterocycles. The lowest BCUT2D eigenvalue weighted by Crippen LogP contribution is -3.14. The van der Waals surface area contributed by atoms with Gasteiger partial charge in [-0.1, -0.05) is 19.4 Å². The molecule has 4 heteroatoms. The van der Waals surface area contributed by atoms with Gasteiger partial charge in [0.15, 0.2) is 11.5 Å². The molecule has 0 aliphatic carbocycles. The van der Waals surface area contributed by atoms with Gasteiger partial charge in [-0.2, -0.15) is 0 Å². The molecule has 0 amide bonds. The quantitative estimate of drug-likeness (QED) is 0.734. The second-order valence-corrected chi connectivity index (χ2v) is 5.55. The number of hydrogen-bond donors (Lipinski definition) is 1. The lowest BCUT2D eigenvalue weighted by Gasteiger charge is -2.23. The number of methoxy groups -OCH3 is 1. The van der Waals surface area contributed by atoms with E-state index >= 15 is 0 Å². The summed E-state index contributed by atoms with van der Waals surface area (Å²) in [6.45, 7) is 8.11. The van der Waals surface area contributed by atoms with Crippen LogP contribution in [-0.4, -0.2) is 46.6 Å². The molecule has 1 aliphatic heterocycles. The number of rotatable bonds is 8. The first-order valence-electron chi connectivity index (χ1n) is 8.04. The van der Waals surface area contributed by atoms with Crippen LogP contribution in [0.5, 0.6) is 11.5 Å². The maximum atomic E-state index is 5.88. The van der Waals surface area contributed by atoms with Crippen LogP contribution < -0.4 is 14.4 Å². The molecule has 1 N–H and O–H groups in total. The molecule has 0 radical (unpaired) electrons. The van der Waals surface area contributed by atoms with Crippen LogP contribution >= 0.6 is 0 Å². The van der Waals surface area contributed by atoms with E-state index in [0.29, 0.717) is 0 Å². The fraction of sp³-hybridized carbons (Fsp3) is 0.647. The zero-order valence-corrected chi connectivity index (χ0v) is 13.3. The summed E-state index contributed by atoms with van der Waals surface area (Å²) in [5.74, 6) is 1.70. The summed E-state index contributed by atoms with van der Waals surface area (Å²) in [7, 11) is 1.70. The van der Waals surface area contributed by atoms with Crippen molar-refractivity contribution in [3.8, 4) is 11.5 Å². The summed E-state index contributed by atoms with van der Waals surface area (Å²) in [5.41, 5.74) is 1.31. The van der Waals surface area contributed by atoms with E-state index in [1.54, 1.807) is 12.0 Å². The molecule has 0 saturated carbocycles. The van der Waals surface area contributed by atoms with E-state index < -0.39 is 0 Å². The van der Waals surface area contributed by atoms with Gasteiger partial charge in [-0.05, 0) is 24.1 Å². The fourth-order valence-electron chi connectivity index (χ4n) is 2.69. The predicted octanol–water partition coefficient (Wildman–Crippen LogP) is 1.33. The summed E-state index contributed by atoms with van der Waals surface area (Å²) >= 11 is 0. The molecule has 0 unspecified atom stereocenters. The Morgan fingerprint density at radius 2 is 2.00 bits per heavy atom. The van der Waals surface area contributed by atoms with Crippen molar-refractivity contribution in [2.45, 2.75) is 26.2 Å². The first-order chi connectivity index (χ1) is 10.3. The SMILES string of the molecule is CCCc1ccc(OCCC[NH+]2CCOCC2)c(OC)c1. The third kappa shape index (κ3) is 5.21. The van der Waals surface area contributed by atoms with Gasteiger partial charge >= 0.3 is 0 Å². The van der Waals surface area contributed by atoms with E-state index in [1.165, 1.54) is 5.56 Å². The molecule has 118 valence electrons. The molecular formula is C17H28NO3+. The Hall–Kier alpha value is -1.26. The molecule has 0 spiro atoms. The Morgan fingerprint density at radius 1 is 1.19 bits per heavy atom. The van der Waals surface area contributed by atoms with Crippen molar-refractivity contribution < 1.29 is 19.1 Å². The van der Waals surface area contributed by atoms with Crippen LogP contribution in [0.2, 0.25) is 0 Å². The molecule has 0 aromatic heterocycles. The van der Waals surface area contributed by atoms with Crippen LogP contribution in [0, 0.1) is 0 Å². The van der Waals surface area contributed by atoms with Crippen molar-refractivity contribution in [2.24, 2.45) is 0 Å². The van der Waals surface area contributed by atoms with Gasteiger partial charge in [-0.15, -0.1) is 0 Å². The summed E-state index contributed by atoms with van der Waals surface area (Å²) in [6.07, 6.45) is 3.29. The van der Waals surface area contributed by atoms with Gasteiger partial charge in [-0.25, -0.2) is 0 Å². The van der Waals surface area contributed by atoms with Crippen LogP contribution in [0.25, 0.3) is 0 Å². The van der Waals surface area contributed by atoms with Crippen molar-refractivity contribution in [1.82, 2.24) is 0 Å². The molecule has 1 aliphatic rings. The summed E-state index contributed by atoms with van der Waals surface area (Å²) in [4.78, 5) is 1.62. The number of ether oxygens (including phenoxy) is 3. The highest BCUT2D eigenvalue weighted by Gasteiger charge is 2.13. The number of aryl methyl sites for hydroxylation is 1. The van der Waals surface area contributed by atoms with Gasteiger partial charge in [-0.3, -0.25) is 0 Å². The van der Waals surface area contributed by atoms with Gasteiger partial charge in [0.1, 0.15) is 13.1 Å². The van der Waals surface area contributed by atoms with Crippen molar-refractivity contribution in [3.05, 3.63) is 23.8 Å². The van der Waals surface area contributed by atoms with Crippen molar-refractivity contribution in [1.29, 1.82) is 0 Å². The Labute approximate surface area is 128 Å². The third-order valence-electron chi connectivity index (χ3n) is 3.90. The minimum Gasteiger partial charge on any atom is -0.493 e. The molecule has 4 nitrogen and oxygen atoms in total. The molecule has 2 rings (SSSR count). The Morgan fingerprint density at radius 3 is 2.71 bits per heavy atom. The normalized spacial score (nSPS) is 15.9. The van der Waals surface area contributed by atoms with Gasteiger partial charge in [0.2, 0.25) is 0 Å². The zero-order valence-electron chi connectivity index (χ0n) is 13.3. The monoisotopic (exact) mass is 294 g/mol. The van der Waals surface area contributed by atoms with Crippen LogP contribution in [0.4, 0.5) is 0 Å². The van der Waals surface area contributed by atoms with E-state index in [4.69, 9.17) is 14.2 Å². The highest BCUT2D eigenvalue weighted by atomic mass is 16.5. The van der Waals surface area contributed by atoms with Crippen LogP contribution in [0.1, 0.15) is 25.3 Å². The Kier molecular flexibility index (Phi) is 6.83. The molecule has 0 bridgehead atoms. The van der Waals surface area contributed by atoms with Crippen LogP contribution in [0.3, 0.4) is 0 Å². The van der Waals surface area contributed by atoms with Crippen molar-refractivity contribution in [3.63, 3.8) is 0 Å². The van der Waals surface area contributed by atoms with E-state index in [9.17, 15) is 0 Å². The largest absolute Gasteiger partial charge is 0.493 e. The van der Waals surface area contributed by atoms with Gasteiger partial charge < -0.3 is 19.1 Å². The third-order valence-corrected chi connectivity index (χ3v) is 3.90. The standard InChI is InChI=1S/C17H27NO3/c1-3-5-15-6-7-16(17(14-15)19-2)21-11-4-8-18-9-12-20-13-10-18/h6-7,14H,3-5,8-13H2,1-2H3/p+1. The van der Waals surface area contributed by atoms with Gasteiger partial charge in [0, 0.05) is 6.42 Å². The number of benzene rings is 1. The average Bonchev–Trinajstić information content (AvgIpc) is 2.53. The fourth-order valence-corrected chi connectivity index (χ4v) is 2.69. The van der Waals surface area contributed by atoms with E-state index in [2.05, 4.69) is 19.1 Å². The summed E-state index contributed by atoms with van der Waals surface area (Å²) < 4.78 is 16.7. The van der Waals surface area contributed by atoms with Crippen molar-refractivity contribution >= 4 is 0 Å². The summed E-state index contributed by atoms with van der Waals surface area (Å²) in [5, 5.41) is 0. The predicted molar refractivity (Wildman–Crippen MR) is 83.5 cm³/mol. The molecule has 1 aromatic carbocycles. The van der Waals surface area contributed by atoms with Crippen LogP contribution in [0.15, 0.2) is 18.2 Å². The van der Waals surface area contributed by atoms with E-state index in [-0.39, 0.29) is 0 Å². The lowest BCUT2D eigenvalue weighted by atomic mass is 10.1. The maximum Gasteiger partial charge on any atom is 0.161 e. The molecular weight excluding hydrogens is 266 g/mol.